The van der Waals surface area contributed by atoms with Crippen LogP contribution < -0.4 is 5.32 Å². The highest BCUT2D eigenvalue weighted by atomic mass is 16.5. The van der Waals surface area contributed by atoms with Crippen molar-refractivity contribution in [2.75, 3.05) is 13.2 Å². The Balaban J connectivity index is 1.89. The van der Waals surface area contributed by atoms with Crippen LogP contribution in [0.15, 0.2) is 4.99 Å². The number of hydrogen-bond donors (Lipinski definition) is 1. The van der Waals surface area contributed by atoms with Crippen LogP contribution in [0.3, 0.4) is 0 Å². The molecule has 0 radical (unpaired) electrons. The van der Waals surface area contributed by atoms with Crippen LogP contribution >= 0.6 is 0 Å². The molecule has 2 aliphatic rings. The first-order valence-corrected chi connectivity index (χ1v) is 6.48. The molecular formula is C13H24N2O. The summed E-state index contributed by atoms with van der Waals surface area (Å²) in [4.78, 5) is 4.73. The van der Waals surface area contributed by atoms with Gasteiger partial charge in [0, 0.05) is 0 Å². The molecule has 1 N–H and O–H groups in total. The fourth-order valence-electron chi connectivity index (χ4n) is 2.50. The van der Waals surface area contributed by atoms with Crippen LogP contribution in [-0.4, -0.2) is 31.1 Å². The molecule has 3 heteroatoms. The largest absolute Gasteiger partial charge is 0.478 e. The Kier molecular flexibility index (Phi) is 3.53. The van der Waals surface area contributed by atoms with Gasteiger partial charge in [-0.25, -0.2) is 4.99 Å². The topological polar surface area (TPSA) is 33.6 Å². The lowest BCUT2D eigenvalue weighted by atomic mass is 9.89. The van der Waals surface area contributed by atoms with Crippen LogP contribution in [0.25, 0.3) is 0 Å². The van der Waals surface area contributed by atoms with E-state index in [1.807, 2.05) is 0 Å². The van der Waals surface area contributed by atoms with Crippen LogP contribution in [0, 0.1) is 5.41 Å². The highest BCUT2D eigenvalue weighted by molar-refractivity contribution is 5.83. The second-order valence-corrected chi connectivity index (χ2v) is 6.20. The number of nitrogens with zero attached hydrogens (tertiary/aromatic N) is 1. The Morgan fingerprint density at radius 2 is 2.19 bits per heavy atom. The van der Waals surface area contributed by atoms with Crippen molar-refractivity contribution in [3.8, 4) is 0 Å². The molecule has 16 heavy (non-hydrogen) atoms. The van der Waals surface area contributed by atoms with Crippen molar-refractivity contribution in [1.29, 1.82) is 0 Å². The predicted octanol–water partition coefficient (Wildman–Crippen LogP) is 2.36. The van der Waals surface area contributed by atoms with E-state index >= 15 is 0 Å². The smallest absolute Gasteiger partial charge is 0.201 e. The molecule has 0 bridgehead atoms. The van der Waals surface area contributed by atoms with Gasteiger partial charge in [-0.15, -0.1) is 0 Å². The van der Waals surface area contributed by atoms with Crippen molar-refractivity contribution in [3.63, 3.8) is 0 Å². The molecule has 2 rings (SSSR count). The van der Waals surface area contributed by atoms with Gasteiger partial charge in [-0.1, -0.05) is 27.2 Å². The maximum atomic E-state index is 5.74. The fraction of sp³-hybridized carbons (Fsp3) is 0.923. The number of rotatable bonds is 2. The molecule has 1 saturated heterocycles. The van der Waals surface area contributed by atoms with E-state index in [-0.39, 0.29) is 0 Å². The first-order valence-electron chi connectivity index (χ1n) is 6.48. The van der Waals surface area contributed by atoms with Crippen LogP contribution in [-0.2, 0) is 4.74 Å². The number of hydrogen-bond acceptors (Lipinski definition) is 3. The van der Waals surface area contributed by atoms with E-state index in [0.717, 1.165) is 25.5 Å². The molecule has 92 valence electrons. The van der Waals surface area contributed by atoms with Crippen molar-refractivity contribution in [2.24, 2.45) is 10.4 Å². The van der Waals surface area contributed by atoms with Crippen LogP contribution in [0.5, 0.6) is 0 Å². The van der Waals surface area contributed by atoms with E-state index in [4.69, 9.17) is 9.73 Å². The lowest BCUT2D eigenvalue weighted by Crippen LogP contribution is -2.40. The van der Waals surface area contributed by atoms with Crippen molar-refractivity contribution in [2.45, 2.75) is 58.5 Å². The number of piperidine rings is 1. The second kappa shape index (κ2) is 4.74. The molecule has 0 spiro atoms. The molecule has 3 nitrogen and oxygen atoms in total. The third-order valence-corrected chi connectivity index (χ3v) is 3.19. The summed E-state index contributed by atoms with van der Waals surface area (Å²) in [5.41, 5.74) is 0.340. The van der Waals surface area contributed by atoms with E-state index in [9.17, 15) is 0 Å². The lowest BCUT2D eigenvalue weighted by molar-refractivity contribution is 0.256. The summed E-state index contributed by atoms with van der Waals surface area (Å²) in [6, 6.07) is 0.762. The highest BCUT2D eigenvalue weighted by Crippen LogP contribution is 2.25. The minimum atomic E-state index is 0.340. The average molecular weight is 224 g/mol. The van der Waals surface area contributed by atoms with Crippen LogP contribution in [0.1, 0.15) is 46.5 Å². The van der Waals surface area contributed by atoms with E-state index < -0.39 is 0 Å². The van der Waals surface area contributed by atoms with Crippen molar-refractivity contribution in [1.82, 2.24) is 5.32 Å². The van der Waals surface area contributed by atoms with Gasteiger partial charge in [0.1, 0.15) is 6.61 Å². The van der Waals surface area contributed by atoms with Gasteiger partial charge in [0.25, 0.3) is 0 Å². The molecule has 2 unspecified atom stereocenters. The van der Waals surface area contributed by atoms with Crippen molar-refractivity contribution in [3.05, 3.63) is 0 Å². The Bertz CT molecular complexity index is 262. The van der Waals surface area contributed by atoms with Gasteiger partial charge in [0.05, 0.1) is 12.1 Å². The maximum absolute atomic E-state index is 5.74. The zero-order chi connectivity index (χ0) is 11.6. The van der Waals surface area contributed by atoms with Gasteiger partial charge in [0.15, 0.2) is 0 Å². The SMILES string of the molecule is CC(C)(C)CC1COC(C2CCCCN2)=N1. The number of aliphatic imine (C=N–C) groups is 1. The molecule has 0 aromatic heterocycles. The zero-order valence-corrected chi connectivity index (χ0v) is 10.8. The quantitative estimate of drug-likeness (QED) is 0.781. The van der Waals surface area contributed by atoms with Gasteiger partial charge < -0.3 is 10.1 Å². The molecular weight excluding hydrogens is 200 g/mol. The van der Waals surface area contributed by atoms with Crippen molar-refractivity contribution < 1.29 is 4.74 Å². The normalized spacial score (nSPS) is 31.1. The van der Waals surface area contributed by atoms with Gasteiger partial charge >= 0.3 is 0 Å². The van der Waals surface area contributed by atoms with Crippen molar-refractivity contribution >= 4 is 5.90 Å². The summed E-state index contributed by atoms with van der Waals surface area (Å²) >= 11 is 0. The van der Waals surface area contributed by atoms with Crippen LogP contribution in [0.2, 0.25) is 0 Å². The Morgan fingerprint density at radius 3 is 2.81 bits per heavy atom. The van der Waals surface area contributed by atoms with E-state index in [1.165, 1.54) is 19.3 Å². The molecule has 0 aromatic rings. The molecule has 2 heterocycles. The standard InChI is InChI=1S/C13H24N2O/c1-13(2,3)8-10-9-16-12(15-10)11-6-4-5-7-14-11/h10-11,14H,4-9H2,1-3H3. The van der Waals surface area contributed by atoms with E-state index in [1.54, 1.807) is 0 Å². The average Bonchev–Trinajstić information content (AvgIpc) is 2.65. The molecule has 0 aromatic carbocycles. The van der Waals surface area contributed by atoms with E-state index in [2.05, 4.69) is 26.1 Å². The minimum Gasteiger partial charge on any atom is -0.478 e. The summed E-state index contributed by atoms with van der Waals surface area (Å²) in [7, 11) is 0. The summed E-state index contributed by atoms with van der Waals surface area (Å²) in [6.45, 7) is 8.68. The Morgan fingerprint density at radius 1 is 1.38 bits per heavy atom. The second-order valence-electron chi connectivity index (χ2n) is 6.20. The Labute approximate surface area is 98.7 Å². The van der Waals surface area contributed by atoms with E-state index in [0.29, 0.717) is 17.5 Å². The fourth-order valence-corrected chi connectivity index (χ4v) is 2.50. The van der Waals surface area contributed by atoms with Gasteiger partial charge in [-0.2, -0.15) is 0 Å². The summed E-state index contributed by atoms with van der Waals surface area (Å²) in [5.74, 6) is 0.967. The lowest BCUT2D eigenvalue weighted by Gasteiger charge is -2.22. The summed E-state index contributed by atoms with van der Waals surface area (Å²) in [5, 5.41) is 3.49. The third-order valence-electron chi connectivity index (χ3n) is 3.19. The Hall–Kier alpha value is -0.570. The molecule has 0 aliphatic carbocycles. The molecule has 1 fully saturated rings. The third kappa shape index (κ3) is 3.21. The first kappa shape index (κ1) is 11.9. The molecule has 0 amide bonds. The van der Waals surface area contributed by atoms with Crippen LogP contribution in [0.4, 0.5) is 0 Å². The number of nitrogens with one attached hydrogen (secondary N) is 1. The molecule has 2 atom stereocenters. The van der Waals surface area contributed by atoms with Gasteiger partial charge in [-0.05, 0) is 31.2 Å². The minimum absolute atomic E-state index is 0.340. The maximum Gasteiger partial charge on any atom is 0.201 e. The first-order chi connectivity index (χ1) is 7.54. The number of ether oxygens (including phenoxy) is 1. The summed E-state index contributed by atoms with van der Waals surface area (Å²) in [6.07, 6.45) is 4.88. The van der Waals surface area contributed by atoms with Gasteiger partial charge in [0.2, 0.25) is 5.90 Å². The summed E-state index contributed by atoms with van der Waals surface area (Å²) < 4.78 is 5.74. The predicted molar refractivity (Wildman–Crippen MR) is 66.9 cm³/mol. The van der Waals surface area contributed by atoms with Gasteiger partial charge in [-0.3, -0.25) is 0 Å². The molecule has 0 saturated carbocycles. The highest BCUT2D eigenvalue weighted by Gasteiger charge is 2.29. The monoisotopic (exact) mass is 224 g/mol. The molecule has 2 aliphatic heterocycles. The zero-order valence-electron chi connectivity index (χ0n) is 10.8.